The number of para-hydroxylation sites is 2. The summed E-state index contributed by atoms with van der Waals surface area (Å²) in [6.45, 7) is 2.69. The molecule has 31 heavy (non-hydrogen) atoms. The number of fused-ring (bicyclic) bond motifs is 2. The molecule has 0 spiro atoms. The van der Waals surface area contributed by atoms with Gasteiger partial charge < -0.3 is 15.1 Å². The van der Waals surface area contributed by atoms with Crippen molar-refractivity contribution in [2.24, 2.45) is 0 Å². The first-order chi connectivity index (χ1) is 15.2. The summed E-state index contributed by atoms with van der Waals surface area (Å²) in [5.74, 6) is 0.912. The van der Waals surface area contributed by atoms with E-state index in [0.717, 1.165) is 36.8 Å². The van der Waals surface area contributed by atoms with E-state index in [0.29, 0.717) is 32.0 Å². The number of aromatic nitrogens is 2. The van der Waals surface area contributed by atoms with E-state index in [-0.39, 0.29) is 18.0 Å². The first kappa shape index (κ1) is 19.6. The topological polar surface area (TPSA) is 70.5 Å². The molecule has 0 radical (unpaired) electrons. The van der Waals surface area contributed by atoms with Crippen LogP contribution in [-0.2, 0) is 11.2 Å². The molecule has 2 aliphatic heterocycles. The van der Waals surface area contributed by atoms with E-state index >= 15 is 0 Å². The van der Waals surface area contributed by atoms with Gasteiger partial charge in [0, 0.05) is 38.6 Å². The molecule has 0 bridgehead atoms. The van der Waals surface area contributed by atoms with Crippen molar-refractivity contribution in [1.82, 2.24) is 19.8 Å². The molecule has 2 aromatic carbocycles. The first-order valence-electron chi connectivity index (χ1n) is 11.0. The minimum absolute atomic E-state index is 0.151. The number of amides is 2. The van der Waals surface area contributed by atoms with E-state index in [1.807, 2.05) is 47.4 Å². The summed E-state index contributed by atoms with van der Waals surface area (Å²) >= 11 is 0. The van der Waals surface area contributed by atoms with Gasteiger partial charge in [0.2, 0.25) is 11.9 Å². The lowest BCUT2D eigenvalue weighted by Gasteiger charge is -2.38. The molecule has 1 unspecified atom stereocenters. The Morgan fingerprint density at radius 3 is 2.74 bits per heavy atom. The molecule has 0 aliphatic carbocycles. The maximum atomic E-state index is 13.2. The number of carbonyl (C=O) groups excluding carboxylic acids is 2. The van der Waals surface area contributed by atoms with E-state index in [9.17, 15) is 9.59 Å². The molecule has 7 heteroatoms. The molecule has 1 atom stereocenters. The normalized spacial score (nSPS) is 18.5. The zero-order chi connectivity index (χ0) is 21.2. The summed E-state index contributed by atoms with van der Waals surface area (Å²) in [6, 6.07) is 18.1. The molecular formula is C24H27N5O2. The highest BCUT2D eigenvalue weighted by Crippen LogP contribution is 2.28. The van der Waals surface area contributed by atoms with Crippen LogP contribution in [0.4, 0.5) is 10.7 Å². The summed E-state index contributed by atoms with van der Waals surface area (Å²) in [5, 5.41) is 3.07. The molecule has 2 fully saturated rings. The standard InChI is InChI=1S/C24H27N5O2/c30-22-13-12-19-17-27(15-16-28(19)22)23-26-20-10-4-5-11-21(20)29(23)24(31)25-14-6-9-18-7-2-1-3-8-18/h1-5,7-8,10-11,19H,6,9,12-17H2,(H,25,31). The fraction of sp³-hybridized carbons (Fsp3) is 0.375. The lowest BCUT2D eigenvalue weighted by molar-refractivity contribution is -0.129. The SMILES string of the molecule is O=C1CCC2CN(c3nc4ccccc4n3C(=O)NCCCc3ccccc3)CCN12. The van der Waals surface area contributed by atoms with Crippen LogP contribution in [0.2, 0.25) is 0 Å². The largest absolute Gasteiger partial charge is 0.338 e. The van der Waals surface area contributed by atoms with Crippen LogP contribution in [0.5, 0.6) is 0 Å². The van der Waals surface area contributed by atoms with Gasteiger partial charge in [-0.15, -0.1) is 0 Å². The average molecular weight is 418 g/mol. The number of hydrogen-bond donors (Lipinski definition) is 1. The number of rotatable bonds is 5. The Morgan fingerprint density at radius 1 is 1.06 bits per heavy atom. The van der Waals surface area contributed by atoms with Crippen LogP contribution in [0, 0.1) is 0 Å². The van der Waals surface area contributed by atoms with E-state index in [1.54, 1.807) is 4.57 Å². The van der Waals surface area contributed by atoms with Crippen molar-refractivity contribution < 1.29 is 9.59 Å². The van der Waals surface area contributed by atoms with Gasteiger partial charge in [-0.25, -0.2) is 14.3 Å². The van der Waals surface area contributed by atoms with Crippen LogP contribution in [-0.4, -0.2) is 58.6 Å². The smallest absolute Gasteiger partial charge is 0.328 e. The summed E-state index contributed by atoms with van der Waals surface area (Å²) in [6.07, 6.45) is 3.30. The van der Waals surface area contributed by atoms with Crippen LogP contribution < -0.4 is 10.2 Å². The Morgan fingerprint density at radius 2 is 1.87 bits per heavy atom. The van der Waals surface area contributed by atoms with Crippen LogP contribution in [0.3, 0.4) is 0 Å². The molecule has 2 saturated heterocycles. The minimum atomic E-state index is -0.151. The number of nitrogens with one attached hydrogen (secondary N) is 1. The maximum Gasteiger partial charge on any atom is 0.328 e. The summed E-state index contributed by atoms with van der Waals surface area (Å²) in [4.78, 5) is 34.2. The lowest BCUT2D eigenvalue weighted by Crippen LogP contribution is -2.52. The molecule has 3 heterocycles. The second-order valence-corrected chi connectivity index (χ2v) is 8.28. The van der Waals surface area contributed by atoms with Crippen LogP contribution >= 0.6 is 0 Å². The third-order valence-electron chi connectivity index (χ3n) is 6.28. The third kappa shape index (κ3) is 3.87. The number of piperazine rings is 1. The van der Waals surface area contributed by atoms with Crippen molar-refractivity contribution >= 4 is 28.9 Å². The predicted molar refractivity (Wildman–Crippen MR) is 120 cm³/mol. The Hall–Kier alpha value is -3.35. The highest BCUT2D eigenvalue weighted by molar-refractivity contribution is 5.93. The van der Waals surface area contributed by atoms with Gasteiger partial charge in [-0.3, -0.25) is 4.79 Å². The Kier molecular flexibility index (Phi) is 5.32. The summed E-state index contributed by atoms with van der Waals surface area (Å²) in [5.41, 5.74) is 2.89. The molecule has 2 aliphatic rings. The van der Waals surface area contributed by atoms with Crippen LogP contribution in [0.15, 0.2) is 54.6 Å². The predicted octanol–water partition coefficient (Wildman–Crippen LogP) is 3.04. The molecule has 1 N–H and O–H groups in total. The quantitative estimate of drug-likeness (QED) is 0.648. The lowest BCUT2D eigenvalue weighted by atomic mass is 10.1. The third-order valence-corrected chi connectivity index (χ3v) is 6.28. The van der Waals surface area contributed by atoms with Gasteiger partial charge in [0.1, 0.15) is 0 Å². The number of anilines is 1. The zero-order valence-corrected chi connectivity index (χ0v) is 17.5. The van der Waals surface area contributed by atoms with Crippen LogP contribution in [0.25, 0.3) is 11.0 Å². The Bertz CT molecular complexity index is 1090. The van der Waals surface area contributed by atoms with Crippen molar-refractivity contribution in [1.29, 1.82) is 0 Å². The molecule has 1 aromatic heterocycles. The van der Waals surface area contributed by atoms with Crippen molar-refractivity contribution in [3.05, 3.63) is 60.2 Å². The van der Waals surface area contributed by atoms with Gasteiger partial charge in [-0.05, 0) is 37.0 Å². The Balaban J connectivity index is 1.32. The van der Waals surface area contributed by atoms with Crippen molar-refractivity contribution in [3.8, 4) is 0 Å². The summed E-state index contributed by atoms with van der Waals surface area (Å²) < 4.78 is 1.70. The molecule has 160 valence electrons. The molecule has 0 saturated carbocycles. The second kappa shape index (κ2) is 8.41. The summed E-state index contributed by atoms with van der Waals surface area (Å²) in [7, 11) is 0. The van der Waals surface area contributed by atoms with E-state index in [4.69, 9.17) is 4.98 Å². The Labute approximate surface area is 181 Å². The van der Waals surface area contributed by atoms with Crippen molar-refractivity contribution in [3.63, 3.8) is 0 Å². The van der Waals surface area contributed by atoms with Crippen molar-refractivity contribution in [2.45, 2.75) is 31.7 Å². The number of aryl methyl sites for hydroxylation is 1. The highest BCUT2D eigenvalue weighted by Gasteiger charge is 2.37. The number of nitrogens with zero attached hydrogens (tertiary/aromatic N) is 4. The van der Waals surface area contributed by atoms with Crippen molar-refractivity contribution in [2.75, 3.05) is 31.1 Å². The van der Waals surface area contributed by atoms with Gasteiger partial charge >= 0.3 is 6.03 Å². The van der Waals surface area contributed by atoms with E-state index in [1.165, 1.54) is 5.56 Å². The number of imidazole rings is 1. The van der Waals surface area contributed by atoms with Gasteiger partial charge in [0.15, 0.2) is 0 Å². The monoisotopic (exact) mass is 417 g/mol. The molecule has 5 rings (SSSR count). The highest BCUT2D eigenvalue weighted by atomic mass is 16.2. The van der Waals surface area contributed by atoms with Gasteiger partial charge in [0.05, 0.1) is 11.0 Å². The minimum Gasteiger partial charge on any atom is -0.338 e. The van der Waals surface area contributed by atoms with Crippen LogP contribution in [0.1, 0.15) is 24.8 Å². The maximum absolute atomic E-state index is 13.2. The zero-order valence-electron chi connectivity index (χ0n) is 17.5. The van der Waals surface area contributed by atoms with E-state index < -0.39 is 0 Å². The fourth-order valence-corrected chi connectivity index (χ4v) is 4.68. The second-order valence-electron chi connectivity index (χ2n) is 8.28. The number of hydrogen-bond acceptors (Lipinski definition) is 4. The van der Waals surface area contributed by atoms with E-state index in [2.05, 4.69) is 22.3 Å². The molecular weight excluding hydrogens is 390 g/mol. The number of benzene rings is 2. The van der Waals surface area contributed by atoms with Gasteiger partial charge in [-0.2, -0.15) is 0 Å². The number of carbonyl (C=O) groups is 2. The molecule has 7 nitrogen and oxygen atoms in total. The van der Waals surface area contributed by atoms with Gasteiger partial charge in [-0.1, -0.05) is 42.5 Å². The van der Waals surface area contributed by atoms with Gasteiger partial charge in [0.25, 0.3) is 0 Å². The average Bonchev–Trinajstić information content (AvgIpc) is 3.38. The molecule has 3 aromatic rings. The first-order valence-corrected chi connectivity index (χ1v) is 11.0. The molecule has 2 amide bonds. The fourth-order valence-electron chi connectivity index (χ4n) is 4.68.